The molecule has 12 heteroatoms. The summed E-state index contributed by atoms with van der Waals surface area (Å²) < 4.78 is 18.1. The van der Waals surface area contributed by atoms with Gasteiger partial charge in [0.05, 0.1) is 20.8 Å². The fraction of sp³-hybridized carbons (Fsp3) is 0.296. The Labute approximate surface area is 228 Å². The lowest BCUT2D eigenvalue weighted by atomic mass is 10.1. The highest BCUT2D eigenvalue weighted by Crippen LogP contribution is 2.36. The van der Waals surface area contributed by atoms with Crippen molar-refractivity contribution in [2.45, 2.75) is 32.2 Å². The van der Waals surface area contributed by atoms with Crippen LogP contribution in [0.15, 0.2) is 51.7 Å². The molecule has 2 aromatic heterocycles. The molecule has 11 nitrogen and oxygen atoms in total. The molecule has 0 spiro atoms. The smallest absolute Gasteiger partial charge is 0.275 e. The van der Waals surface area contributed by atoms with Crippen molar-refractivity contribution in [3.63, 3.8) is 0 Å². The zero-order chi connectivity index (χ0) is 27.5. The third-order valence-electron chi connectivity index (χ3n) is 6.40. The first-order chi connectivity index (χ1) is 18.9. The van der Waals surface area contributed by atoms with Gasteiger partial charge in [-0.3, -0.25) is 14.2 Å². The van der Waals surface area contributed by atoms with E-state index in [1.54, 1.807) is 36.4 Å². The lowest BCUT2D eigenvalue weighted by Crippen LogP contribution is -2.26. The van der Waals surface area contributed by atoms with Crippen LogP contribution in [0, 0.1) is 5.92 Å². The fourth-order valence-electron chi connectivity index (χ4n) is 4.24. The summed E-state index contributed by atoms with van der Waals surface area (Å²) in [5.74, 6) is 0.546. The molecule has 0 unspecified atom stereocenters. The van der Waals surface area contributed by atoms with Crippen LogP contribution in [0.3, 0.4) is 0 Å². The molecule has 0 aliphatic heterocycles. The third kappa shape index (κ3) is 5.58. The maximum absolute atomic E-state index is 13.9. The number of benzene rings is 2. The largest absolute Gasteiger partial charge is 0.494 e. The number of carbonyl (C=O) groups excluding carboxylic acids is 1. The standard InChI is InChI=1S/C27H26ClN5O6/c1-37-18-7-4-8-19(38-2)23(18)33-20(12-11-15-9-10-15)30-25(35)22(27(33)36)26-32-31-21(39-26)14-29-24(34)16-5-3-6-17(28)13-16/h3-8,13,15,35H,9-12,14H2,1-2H3,(H,29,34). The Kier molecular flexibility index (Phi) is 7.51. The molecule has 202 valence electrons. The third-order valence-corrected chi connectivity index (χ3v) is 6.63. The number of ether oxygens (including phenoxy) is 2. The van der Waals surface area contributed by atoms with Gasteiger partial charge < -0.3 is 24.3 Å². The summed E-state index contributed by atoms with van der Waals surface area (Å²) in [7, 11) is 2.98. The molecule has 2 N–H and O–H groups in total. The number of halogens is 1. The number of nitrogens with zero attached hydrogens (tertiary/aromatic N) is 4. The highest BCUT2D eigenvalue weighted by atomic mass is 35.5. The van der Waals surface area contributed by atoms with E-state index >= 15 is 0 Å². The number of hydrogen-bond acceptors (Lipinski definition) is 9. The Hall–Kier alpha value is -4.38. The summed E-state index contributed by atoms with van der Waals surface area (Å²) in [5.41, 5.74) is -0.201. The number of hydrogen-bond donors (Lipinski definition) is 2. The van der Waals surface area contributed by atoms with Crippen LogP contribution in [-0.2, 0) is 13.0 Å². The van der Waals surface area contributed by atoms with Gasteiger partial charge in [-0.2, -0.15) is 4.98 Å². The minimum atomic E-state index is -0.630. The molecule has 1 amide bonds. The van der Waals surface area contributed by atoms with Crippen LogP contribution < -0.4 is 20.3 Å². The Balaban J connectivity index is 1.51. The molecule has 1 saturated carbocycles. The molecule has 39 heavy (non-hydrogen) atoms. The molecular formula is C27H26ClN5O6. The zero-order valence-electron chi connectivity index (χ0n) is 21.3. The maximum Gasteiger partial charge on any atom is 0.275 e. The van der Waals surface area contributed by atoms with Crippen molar-refractivity contribution in [3.8, 4) is 34.5 Å². The number of methoxy groups -OCH3 is 2. The number of aromatic nitrogens is 4. The van der Waals surface area contributed by atoms with Crippen molar-refractivity contribution in [1.82, 2.24) is 25.1 Å². The number of carbonyl (C=O) groups is 1. The highest BCUT2D eigenvalue weighted by molar-refractivity contribution is 6.30. The van der Waals surface area contributed by atoms with E-state index in [-0.39, 0.29) is 23.9 Å². The quantitative estimate of drug-likeness (QED) is 0.300. The van der Waals surface area contributed by atoms with Gasteiger partial charge in [0.1, 0.15) is 23.0 Å². The predicted octanol–water partition coefficient (Wildman–Crippen LogP) is 3.93. The molecule has 1 aliphatic carbocycles. The number of aryl methyl sites for hydroxylation is 1. The molecular weight excluding hydrogens is 526 g/mol. The van der Waals surface area contributed by atoms with Crippen molar-refractivity contribution >= 4 is 17.5 Å². The van der Waals surface area contributed by atoms with Gasteiger partial charge in [-0.25, -0.2) is 0 Å². The second-order valence-corrected chi connectivity index (χ2v) is 9.49. The Morgan fingerprint density at radius 1 is 1.15 bits per heavy atom. The molecule has 5 rings (SSSR count). The van der Waals surface area contributed by atoms with Crippen molar-refractivity contribution in [2.75, 3.05) is 14.2 Å². The van der Waals surface area contributed by atoms with E-state index in [1.807, 2.05) is 0 Å². The Morgan fingerprint density at radius 2 is 1.87 bits per heavy atom. The summed E-state index contributed by atoms with van der Waals surface area (Å²) in [6.07, 6.45) is 3.54. The summed E-state index contributed by atoms with van der Waals surface area (Å²) >= 11 is 5.95. The van der Waals surface area contributed by atoms with Gasteiger partial charge in [0.15, 0.2) is 5.56 Å². The van der Waals surface area contributed by atoms with E-state index in [1.165, 1.54) is 24.9 Å². The maximum atomic E-state index is 13.9. The molecule has 0 bridgehead atoms. The zero-order valence-corrected chi connectivity index (χ0v) is 22.1. The van der Waals surface area contributed by atoms with Crippen LogP contribution in [-0.4, -0.2) is 45.0 Å². The molecule has 0 radical (unpaired) electrons. The number of aromatic hydroxyl groups is 1. The SMILES string of the molecule is COc1cccc(OC)c1-n1c(CCC2CC2)nc(O)c(-c2nnc(CNC(=O)c3cccc(Cl)c3)o2)c1=O. The van der Waals surface area contributed by atoms with E-state index < -0.39 is 17.3 Å². The van der Waals surface area contributed by atoms with E-state index in [2.05, 4.69) is 20.5 Å². The summed E-state index contributed by atoms with van der Waals surface area (Å²) in [6.45, 7) is -0.111. The van der Waals surface area contributed by atoms with Gasteiger partial charge in [0.25, 0.3) is 17.4 Å². The summed E-state index contributed by atoms with van der Waals surface area (Å²) in [6, 6.07) is 11.6. The molecule has 1 fully saturated rings. The van der Waals surface area contributed by atoms with Gasteiger partial charge in [-0.15, -0.1) is 10.2 Å². The second kappa shape index (κ2) is 11.2. The molecule has 1 aliphatic rings. The van der Waals surface area contributed by atoms with Crippen molar-refractivity contribution < 1.29 is 23.8 Å². The first kappa shape index (κ1) is 26.2. The van der Waals surface area contributed by atoms with Crippen LogP contribution in [0.25, 0.3) is 17.1 Å². The van der Waals surface area contributed by atoms with Crippen LogP contribution in [0.2, 0.25) is 5.02 Å². The minimum absolute atomic E-state index is 0.0263. The highest BCUT2D eigenvalue weighted by Gasteiger charge is 2.28. The fourth-order valence-corrected chi connectivity index (χ4v) is 4.43. The molecule has 4 aromatic rings. The predicted molar refractivity (Wildman–Crippen MR) is 142 cm³/mol. The van der Waals surface area contributed by atoms with E-state index in [9.17, 15) is 14.7 Å². The monoisotopic (exact) mass is 551 g/mol. The number of nitrogens with one attached hydrogen (secondary N) is 1. The van der Waals surface area contributed by atoms with Gasteiger partial charge in [0, 0.05) is 17.0 Å². The average molecular weight is 552 g/mol. The number of para-hydroxylation sites is 1. The topological polar surface area (TPSA) is 142 Å². The van der Waals surface area contributed by atoms with Gasteiger partial charge >= 0.3 is 0 Å². The minimum Gasteiger partial charge on any atom is -0.494 e. The summed E-state index contributed by atoms with van der Waals surface area (Å²) in [4.78, 5) is 30.8. The first-order valence-corrected chi connectivity index (χ1v) is 12.7. The van der Waals surface area contributed by atoms with E-state index in [4.69, 9.17) is 25.5 Å². The van der Waals surface area contributed by atoms with Crippen molar-refractivity contribution in [2.24, 2.45) is 5.92 Å². The second-order valence-electron chi connectivity index (χ2n) is 9.05. The summed E-state index contributed by atoms with van der Waals surface area (Å²) in [5, 5.41) is 21.8. The molecule has 0 atom stereocenters. The van der Waals surface area contributed by atoms with Crippen LogP contribution in [0.4, 0.5) is 0 Å². The van der Waals surface area contributed by atoms with Gasteiger partial charge in [-0.1, -0.05) is 36.6 Å². The van der Waals surface area contributed by atoms with Gasteiger partial charge in [0.2, 0.25) is 11.8 Å². The molecule has 2 aromatic carbocycles. The first-order valence-electron chi connectivity index (χ1n) is 12.3. The normalized spacial score (nSPS) is 12.8. The lowest BCUT2D eigenvalue weighted by molar-refractivity contribution is 0.0947. The Morgan fingerprint density at radius 3 is 2.54 bits per heavy atom. The van der Waals surface area contributed by atoms with E-state index in [0.717, 1.165) is 19.3 Å². The lowest BCUT2D eigenvalue weighted by Gasteiger charge is -2.18. The molecule has 0 saturated heterocycles. The number of rotatable bonds is 10. The van der Waals surface area contributed by atoms with Crippen molar-refractivity contribution in [1.29, 1.82) is 0 Å². The van der Waals surface area contributed by atoms with Crippen LogP contribution in [0.5, 0.6) is 17.4 Å². The van der Waals surface area contributed by atoms with Crippen LogP contribution >= 0.6 is 11.6 Å². The van der Waals surface area contributed by atoms with Crippen molar-refractivity contribution in [3.05, 3.63) is 75.1 Å². The Bertz CT molecular complexity index is 1560. The van der Waals surface area contributed by atoms with Gasteiger partial charge in [-0.05, 0) is 42.7 Å². The number of amides is 1. The average Bonchev–Trinajstić information content (AvgIpc) is 3.66. The van der Waals surface area contributed by atoms with E-state index in [0.29, 0.717) is 45.9 Å². The molecule has 2 heterocycles. The van der Waals surface area contributed by atoms with Crippen LogP contribution in [0.1, 0.15) is 41.3 Å².